The molecule has 3 aromatic rings. The van der Waals surface area contributed by atoms with Crippen LogP contribution in [0, 0.1) is 0 Å². The van der Waals surface area contributed by atoms with E-state index in [1.807, 2.05) is 36.4 Å². The number of phenols is 1. The molecule has 3 rings (SSSR count). The van der Waals surface area contributed by atoms with E-state index < -0.39 is 11.9 Å². The molecule has 0 aliphatic rings. The van der Waals surface area contributed by atoms with Crippen LogP contribution in [0.1, 0.15) is 16.1 Å². The first-order chi connectivity index (χ1) is 12.5. The van der Waals surface area contributed by atoms with E-state index in [1.54, 1.807) is 6.07 Å². The van der Waals surface area contributed by atoms with Gasteiger partial charge in [-0.2, -0.15) is 0 Å². The predicted octanol–water partition coefficient (Wildman–Crippen LogP) is 4.00. The molecule has 130 valence electrons. The van der Waals surface area contributed by atoms with Crippen molar-refractivity contribution < 1.29 is 24.2 Å². The fourth-order valence-corrected chi connectivity index (χ4v) is 2.33. The second-order valence-corrected chi connectivity index (χ2v) is 5.43. The summed E-state index contributed by atoms with van der Waals surface area (Å²) >= 11 is 0. The Bertz CT molecular complexity index is 973. The zero-order chi connectivity index (χ0) is 18.5. The highest BCUT2D eigenvalue weighted by Crippen LogP contribution is 2.23. The molecule has 1 amide bonds. The van der Waals surface area contributed by atoms with Gasteiger partial charge < -0.3 is 19.9 Å². The fraction of sp³-hybridized carbons (Fsp3) is 0. The van der Waals surface area contributed by atoms with Gasteiger partial charge >= 0.3 is 5.97 Å². The molecule has 6 heteroatoms. The highest BCUT2D eigenvalue weighted by Gasteiger charge is 2.11. The number of benzene rings is 2. The summed E-state index contributed by atoms with van der Waals surface area (Å²) in [7, 11) is 0. The van der Waals surface area contributed by atoms with E-state index in [4.69, 9.17) is 9.52 Å². The number of furan rings is 1. The van der Waals surface area contributed by atoms with Gasteiger partial charge in [0, 0.05) is 17.3 Å². The lowest BCUT2D eigenvalue weighted by Gasteiger charge is -2.05. The van der Waals surface area contributed by atoms with E-state index in [2.05, 4.69) is 5.32 Å². The van der Waals surface area contributed by atoms with Crippen molar-refractivity contribution in [2.24, 2.45) is 0 Å². The van der Waals surface area contributed by atoms with Crippen molar-refractivity contribution in [1.29, 1.82) is 0 Å². The van der Waals surface area contributed by atoms with Crippen LogP contribution in [-0.4, -0.2) is 22.1 Å². The summed E-state index contributed by atoms with van der Waals surface area (Å²) < 4.78 is 5.66. The third-order valence-electron chi connectivity index (χ3n) is 3.58. The standard InChI is InChI=1S/C20H15NO5/c22-17-9-6-14(12-16(17)20(24)25)21-19(23)11-8-15-7-10-18(26-15)13-4-2-1-3-5-13/h1-12,22H,(H,21,23)(H,24,25)/b11-8+. The quantitative estimate of drug-likeness (QED) is 0.477. The minimum atomic E-state index is -1.28. The SMILES string of the molecule is O=C(/C=C/c1ccc(-c2ccccc2)o1)Nc1ccc(O)c(C(=O)O)c1. The third kappa shape index (κ3) is 3.99. The van der Waals surface area contributed by atoms with Crippen LogP contribution in [0.3, 0.4) is 0 Å². The number of amides is 1. The molecule has 2 aromatic carbocycles. The lowest BCUT2D eigenvalue weighted by Crippen LogP contribution is -2.08. The Morgan fingerprint density at radius 3 is 2.50 bits per heavy atom. The average Bonchev–Trinajstić information content (AvgIpc) is 3.11. The lowest BCUT2D eigenvalue weighted by molar-refractivity contribution is -0.111. The zero-order valence-electron chi connectivity index (χ0n) is 13.5. The van der Waals surface area contributed by atoms with Crippen molar-refractivity contribution in [3.63, 3.8) is 0 Å². The number of hydrogen-bond donors (Lipinski definition) is 3. The maximum Gasteiger partial charge on any atom is 0.339 e. The summed E-state index contributed by atoms with van der Waals surface area (Å²) in [5.74, 6) is -0.899. The molecule has 1 heterocycles. The topological polar surface area (TPSA) is 99.8 Å². The highest BCUT2D eigenvalue weighted by molar-refractivity contribution is 6.02. The Balaban J connectivity index is 1.68. The minimum Gasteiger partial charge on any atom is -0.507 e. The number of rotatable bonds is 5. The first kappa shape index (κ1) is 17.0. The second-order valence-electron chi connectivity index (χ2n) is 5.43. The van der Waals surface area contributed by atoms with E-state index in [-0.39, 0.29) is 17.0 Å². The van der Waals surface area contributed by atoms with Crippen LogP contribution in [0.2, 0.25) is 0 Å². The fourth-order valence-electron chi connectivity index (χ4n) is 2.33. The number of carboxylic acid groups (broad SMARTS) is 1. The number of aromatic hydroxyl groups is 1. The molecular formula is C20H15NO5. The zero-order valence-corrected chi connectivity index (χ0v) is 13.5. The maximum atomic E-state index is 12.0. The van der Waals surface area contributed by atoms with E-state index in [1.165, 1.54) is 30.4 Å². The average molecular weight is 349 g/mol. The second kappa shape index (κ2) is 7.40. The third-order valence-corrected chi connectivity index (χ3v) is 3.58. The smallest absolute Gasteiger partial charge is 0.339 e. The molecule has 1 aromatic heterocycles. The van der Waals surface area contributed by atoms with Gasteiger partial charge in [0.2, 0.25) is 5.91 Å². The van der Waals surface area contributed by atoms with Crippen LogP contribution in [0.25, 0.3) is 17.4 Å². The van der Waals surface area contributed by atoms with E-state index in [0.717, 1.165) is 5.56 Å². The Labute approximate surface area is 149 Å². The van der Waals surface area contributed by atoms with Gasteiger partial charge in [-0.1, -0.05) is 30.3 Å². The van der Waals surface area contributed by atoms with Crippen molar-refractivity contribution in [3.05, 3.63) is 78.1 Å². The Kier molecular flexibility index (Phi) is 4.85. The first-order valence-electron chi connectivity index (χ1n) is 7.73. The van der Waals surface area contributed by atoms with Gasteiger partial charge in [0.25, 0.3) is 0 Å². The summed E-state index contributed by atoms with van der Waals surface area (Å²) in [6.45, 7) is 0. The van der Waals surface area contributed by atoms with Crippen molar-refractivity contribution in [2.45, 2.75) is 0 Å². The normalized spacial score (nSPS) is 10.8. The van der Waals surface area contributed by atoms with Gasteiger partial charge in [-0.05, 0) is 36.4 Å². The molecule has 0 unspecified atom stereocenters. The van der Waals surface area contributed by atoms with Gasteiger partial charge in [0.05, 0.1) is 0 Å². The molecule has 3 N–H and O–H groups in total. The van der Waals surface area contributed by atoms with Gasteiger partial charge in [-0.25, -0.2) is 4.79 Å². The molecule has 0 spiro atoms. The minimum absolute atomic E-state index is 0.263. The van der Waals surface area contributed by atoms with Crippen LogP contribution in [0.4, 0.5) is 5.69 Å². The molecular weight excluding hydrogens is 334 g/mol. The van der Waals surface area contributed by atoms with Crippen LogP contribution >= 0.6 is 0 Å². The number of carboxylic acids is 1. The maximum absolute atomic E-state index is 12.0. The monoisotopic (exact) mass is 349 g/mol. The Morgan fingerprint density at radius 2 is 1.77 bits per heavy atom. The summed E-state index contributed by atoms with van der Waals surface area (Å²) in [6, 6.07) is 16.9. The van der Waals surface area contributed by atoms with Gasteiger partial charge in [-0.3, -0.25) is 4.79 Å². The number of carbonyl (C=O) groups excluding carboxylic acids is 1. The number of hydrogen-bond acceptors (Lipinski definition) is 4. The number of nitrogens with one attached hydrogen (secondary N) is 1. The molecule has 6 nitrogen and oxygen atoms in total. The number of aromatic carboxylic acids is 1. The lowest BCUT2D eigenvalue weighted by atomic mass is 10.2. The Morgan fingerprint density at radius 1 is 1.00 bits per heavy atom. The van der Waals surface area contributed by atoms with Crippen LogP contribution in [0.5, 0.6) is 5.75 Å². The van der Waals surface area contributed by atoms with Crippen LogP contribution in [0.15, 0.2) is 71.2 Å². The molecule has 0 saturated heterocycles. The largest absolute Gasteiger partial charge is 0.507 e. The van der Waals surface area contributed by atoms with Crippen LogP contribution < -0.4 is 5.32 Å². The van der Waals surface area contributed by atoms with Crippen LogP contribution in [-0.2, 0) is 4.79 Å². The molecule has 0 bridgehead atoms. The molecule has 0 radical (unpaired) electrons. The molecule has 0 aliphatic heterocycles. The summed E-state index contributed by atoms with van der Waals surface area (Å²) in [6.07, 6.45) is 2.79. The van der Waals surface area contributed by atoms with Gasteiger partial charge in [0.15, 0.2) is 0 Å². The molecule has 0 aliphatic carbocycles. The van der Waals surface area contributed by atoms with E-state index >= 15 is 0 Å². The Hall–Kier alpha value is -3.80. The summed E-state index contributed by atoms with van der Waals surface area (Å²) in [5.41, 5.74) is 0.909. The van der Waals surface area contributed by atoms with Crippen molar-refractivity contribution >= 4 is 23.6 Å². The summed E-state index contributed by atoms with van der Waals surface area (Å²) in [5, 5.41) is 21.0. The highest BCUT2D eigenvalue weighted by atomic mass is 16.4. The molecule has 0 fully saturated rings. The number of carbonyl (C=O) groups is 2. The van der Waals surface area contributed by atoms with Crippen molar-refractivity contribution in [3.8, 4) is 17.1 Å². The first-order valence-corrected chi connectivity index (χ1v) is 7.73. The number of anilines is 1. The van der Waals surface area contributed by atoms with Crippen molar-refractivity contribution in [1.82, 2.24) is 0 Å². The van der Waals surface area contributed by atoms with Gasteiger partial charge in [-0.15, -0.1) is 0 Å². The van der Waals surface area contributed by atoms with E-state index in [9.17, 15) is 14.7 Å². The van der Waals surface area contributed by atoms with E-state index in [0.29, 0.717) is 11.5 Å². The molecule has 0 atom stereocenters. The predicted molar refractivity (Wildman–Crippen MR) is 96.9 cm³/mol. The van der Waals surface area contributed by atoms with Gasteiger partial charge in [0.1, 0.15) is 22.8 Å². The molecule has 26 heavy (non-hydrogen) atoms. The summed E-state index contributed by atoms with van der Waals surface area (Å²) in [4.78, 5) is 23.0. The molecule has 0 saturated carbocycles. The van der Waals surface area contributed by atoms with Crippen molar-refractivity contribution in [2.75, 3.05) is 5.32 Å².